The van der Waals surface area contributed by atoms with Crippen molar-refractivity contribution in [1.29, 1.82) is 0 Å². The van der Waals surface area contributed by atoms with E-state index in [0.29, 0.717) is 6.54 Å². The van der Waals surface area contributed by atoms with Gasteiger partial charge in [-0.25, -0.2) is 0 Å². The first-order chi connectivity index (χ1) is 17.0. The summed E-state index contributed by atoms with van der Waals surface area (Å²) in [4.78, 5) is 11.8. The van der Waals surface area contributed by atoms with Crippen molar-refractivity contribution in [3.8, 4) is 0 Å². The van der Waals surface area contributed by atoms with Gasteiger partial charge in [-0.2, -0.15) is 0 Å². The lowest BCUT2D eigenvalue weighted by molar-refractivity contribution is 0.0965. The van der Waals surface area contributed by atoms with Crippen molar-refractivity contribution in [2.24, 2.45) is 0 Å². The number of anilines is 1. The molecule has 4 N–H and O–H groups in total. The zero-order valence-electron chi connectivity index (χ0n) is 20.9. The third-order valence-corrected chi connectivity index (χ3v) is 6.52. The van der Waals surface area contributed by atoms with Crippen molar-refractivity contribution < 1.29 is 9.53 Å². The van der Waals surface area contributed by atoms with E-state index in [4.69, 9.17) is 4.74 Å². The Hall–Kier alpha value is -3.35. The van der Waals surface area contributed by atoms with Crippen LogP contribution in [0.25, 0.3) is 5.57 Å². The number of carbonyl (C=O) groups is 1. The van der Waals surface area contributed by atoms with Gasteiger partial charge in [0, 0.05) is 42.7 Å². The smallest absolute Gasteiger partial charge is 0.251 e. The number of rotatable bonds is 11. The van der Waals surface area contributed by atoms with Crippen LogP contribution in [0.5, 0.6) is 0 Å². The zero-order valence-corrected chi connectivity index (χ0v) is 20.9. The molecular weight excluding hydrogens is 436 g/mol. The second-order valence-corrected chi connectivity index (χ2v) is 9.00. The number of nitrogens with one attached hydrogen (secondary N) is 4. The van der Waals surface area contributed by atoms with E-state index < -0.39 is 0 Å². The minimum absolute atomic E-state index is 0.0149. The topological polar surface area (TPSA) is 74.4 Å². The molecule has 0 fully saturated rings. The van der Waals surface area contributed by atoms with E-state index in [1.807, 2.05) is 25.3 Å². The molecule has 0 aliphatic carbocycles. The van der Waals surface area contributed by atoms with Gasteiger partial charge in [0.1, 0.15) is 0 Å². The number of allylic oxidation sites excluding steroid dienone is 3. The monoisotopic (exact) mass is 472 g/mol. The van der Waals surface area contributed by atoms with Crippen molar-refractivity contribution in [1.82, 2.24) is 16.0 Å². The molecule has 6 heteroatoms. The highest BCUT2D eigenvalue weighted by atomic mass is 16.5. The van der Waals surface area contributed by atoms with Crippen LogP contribution in [-0.2, 0) is 11.3 Å². The minimum Gasteiger partial charge on any atom is -0.383 e. The van der Waals surface area contributed by atoms with Gasteiger partial charge in [0.05, 0.1) is 12.6 Å². The highest BCUT2D eigenvalue weighted by Crippen LogP contribution is 2.24. The van der Waals surface area contributed by atoms with E-state index >= 15 is 0 Å². The molecule has 2 atom stereocenters. The second kappa shape index (κ2) is 11.9. The summed E-state index contributed by atoms with van der Waals surface area (Å²) in [5.74, 6) is 0.0149. The summed E-state index contributed by atoms with van der Waals surface area (Å²) in [6.45, 7) is 9.21. The summed E-state index contributed by atoms with van der Waals surface area (Å²) in [7, 11) is 0. The first-order valence-corrected chi connectivity index (χ1v) is 12.4. The Labute approximate surface area is 208 Å². The highest BCUT2D eigenvalue weighted by molar-refractivity contribution is 5.98. The van der Waals surface area contributed by atoms with Crippen molar-refractivity contribution in [2.75, 3.05) is 25.1 Å². The predicted octanol–water partition coefficient (Wildman–Crippen LogP) is 4.89. The molecule has 184 valence electrons. The van der Waals surface area contributed by atoms with Gasteiger partial charge in [-0.1, -0.05) is 30.4 Å². The van der Waals surface area contributed by atoms with Crippen LogP contribution in [-0.4, -0.2) is 31.7 Å². The number of amides is 1. The molecule has 2 aromatic rings. The lowest BCUT2D eigenvalue weighted by Crippen LogP contribution is -2.26. The molecule has 1 unspecified atom stereocenters. The van der Waals surface area contributed by atoms with Gasteiger partial charge in [-0.05, 0) is 86.0 Å². The molecule has 0 saturated carbocycles. The van der Waals surface area contributed by atoms with E-state index in [1.165, 1.54) is 5.56 Å². The quantitative estimate of drug-likeness (QED) is 0.277. The molecule has 0 saturated heterocycles. The molecular formula is C29H36N4O2. The maximum atomic E-state index is 11.8. The molecule has 0 aromatic heterocycles. The Morgan fingerprint density at radius 3 is 2.77 bits per heavy atom. The summed E-state index contributed by atoms with van der Waals surface area (Å²) in [6.07, 6.45) is 9.41. The van der Waals surface area contributed by atoms with Crippen LogP contribution >= 0.6 is 0 Å². The minimum atomic E-state index is 0.0149. The lowest BCUT2D eigenvalue weighted by atomic mass is 10.0. The standard InChI is InChI=1S/C29H36N4O2/c1-4-35-17-16-30-21(3)22-8-11-25(12-9-22)33-28(27-6-5-15-31-27)14-7-20(2)23-10-13-26-24(18-23)19-32-29(26)34/h5,7-15,18,21,27,30-31,33H,4,6,16-17,19H2,1-3H3,(H,32,34)/b20-7+,28-14+/t21?,27-/m0/s1. The molecule has 0 bridgehead atoms. The number of ether oxygens (including phenoxy) is 1. The first kappa shape index (κ1) is 24.8. The van der Waals surface area contributed by atoms with Crippen LogP contribution in [0.3, 0.4) is 0 Å². The van der Waals surface area contributed by atoms with Crippen LogP contribution in [0.2, 0.25) is 0 Å². The van der Waals surface area contributed by atoms with Gasteiger partial charge >= 0.3 is 0 Å². The summed E-state index contributed by atoms with van der Waals surface area (Å²) in [5, 5.41) is 13.4. The van der Waals surface area contributed by atoms with Crippen LogP contribution in [0.4, 0.5) is 5.69 Å². The molecule has 0 radical (unpaired) electrons. The number of carbonyl (C=O) groups excluding carboxylic acids is 1. The molecule has 2 aliphatic heterocycles. The van der Waals surface area contributed by atoms with Gasteiger partial charge in [0.25, 0.3) is 5.91 Å². The molecule has 2 aliphatic rings. The number of hydrogen-bond donors (Lipinski definition) is 4. The average Bonchev–Trinajstić information content (AvgIpc) is 3.54. The Morgan fingerprint density at radius 2 is 2.03 bits per heavy atom. The van der Waals surface area contributed by atoms with Gasteiger partial charge in [0.2, 0.25) is 0 Å². The van der Waals surface area contributed by atoms with Gasteiger partial charge < -0.3 is 26.0 Å². The number of benzene rings is 2. The predicted molar refractivity (Wildman–Crippen MR) is 143 cm³/mol. The van der Waals surface area contributed by atoms with Crippen molar-refractivity contribution in [3.05, 3.63) is 94.8 Å². The fourth-order valence-corrected chi connectivity index (χ4v) is 4.34. The fraction of sp³-hybridized carbons (Fsp3) is 0.345. The van der Waals surface area contributed by atoms with Gasteiger partial charge in [-0.15, -0.1) is 0 Å². The molecule has 4 rings (SSSR count). The second-order valence-electron chi connectivity index (χ2n) is 9.00. The number of hydrogen-bond acceptors (Lipinski definition) is 5. The molecule has 0 spiro atoms. The normalized spacial score (nSPS) is 18.3. The van der Waals surface area contributed by atoms with Crippen LogP contribution in [0, 0.1) is 0 Å². The first-order valence-electron chi connectivity index (χ1n) is 12.4. The molecule has 35 heavy (non-hydrogen) atoms. The molecule has 2 heterocycles. The van der Waals surface area contributed by atoms with E-state index in [2.05, 4.69) is 83.7 Å². The summed E-state index contributed by atoms with van der Waals surface area (Å²) in [6, 6.07) is 15.1. The van der Waals surface area contributed by atoms with E-state index in [1.54, 1.807) is 0 Å². The van der Waals surface area contributed by atoms with E-state index in [0.717, 1.165) is 59.8 Å². The summed E-state index contributed by atoms with van der Waals surface area (Å²) >= 11 is 0. The van der Waals surface area contributed by atoms with Crippen molar-refractivity contribution in [2.45, 2.75) is 45.8 Å². The molecule has 2 aromatic carbocycles. The van der Waals surface area contributed by atoms with Crippen molar-refractivity contribution >= 4 is 17.2 Å². The summed E-state index contributed by atoms with van der Waals surface area (Å²) < 4.78 is 5.41. The summed E-state index contributed by atoms with van der Waals surface area (Å²) in [5.41, 5.74) is 7.54. The average molecular weight is 473 g/mol. The maximum Gasteiger partial charge on any atom is 0.251 e. The van der Waals surface area contributed by atoms with E-state index in [9.17, 15) is 4.79 Å². The SMILES string of the molecule is CCOCCNC(C)c1ccc(N/C(=C/C=C(\C)c2ccc3c(c2)CNC3=O)[C@@H]2CC=CN2)cc1. The highest BCUT2D eigenvalue weighted by Gasteiger charge is 2.19. The Bertz CT molecular complexity index is 1110. The Kier molecular flexibility index (Phi) is 8.40. The largest absolute Gasteiger partial charge is 0.383 e. The van der Waals surface area contributed by atoms with E-state index in [-0.39, 0.29) is 18.0 Å². The molecule has 6 nitrogen and oxygen atoms in total. The molecule has 1 amide bonds. The third kappa shape index (κ3) is 6.41. The Morgan fingerprint density at radius 1 is 1.20 bits per heavy atom. The van der Waals surface area contributed by atoms with Gasteiger partial charge in [0.15, 0.2) is 0 Å². The third-order valence-electron chi connectivity index (χ3n) is 6.52. The zero-order chi connectivity index (χ0) is 24.6. The fourth-order valence-electron chi connectivity index (χ4n) is 4.34. The maximum absolute atomic E-state index is 11.8. The van der Waals surface area contributed by atoms with Crippen LogP contribution in [0.15, 0.2) is 72.6 Å². The van der Waals surface area contributed by atoms with Crippen molar-refractivity contribution in [3.63, 3.8) is 0 Å². The number of fused-ring (bicyclic) bond motifs is 1. The van der Waals surface area contributed by atoms with Crippen LogP contribution in [0.1, 0.15) is 60.3 Å². The van der Waals surface area contributed by atoms with Gasteiger partial charge in [-0.3, -0.25) is 4.79 Å². The lowest BCUT2D eigenvalue weighted by Gasteiger charge is -2.19. The van der Waals surface area contributed by atoms with Crippen LogP contribution < -0.4 is 21.3 Å². The Balaban J connectivity index is 1.45.